The normalized spacial score (nSPS) is 19.3. The molecule has 7 heavy (non-hydrogen) atoms. The molecule has 0 N–H and O–H groups in total. The van der Waals surface area contributed by atoms with Gasteiger partial charge >= 0.3 is 0 Å². The third-order valence-corrected chi connectivity index (χ3v) is 1.55. The highest BCUT2D eigenvalue weighted by atomic mass is 32.2. The summed E-state index contributed by atoms with van der Waals surface area (Å²) in [5, 5.41) is 2.12. The summed E-state index contributed by atoms with van der Waals surface area (Å²) in [6.45, 7) is 2.98. The molecule has 0 fully saturated rings. The summed E-state index contributed by atoms with van der Waals surface area (Å²) in [7, 11) is 0. The summed E-state index contributed by atoms with van der Waals surface area (Å²) in [6, 6.07) is 0. The molecular formula is C5H7NS. The minimum absolute atomic E-state index is 0.896. The van der Waals surface area contributed by atoms with E-state index in [-0.39, 0.29) is 0 Å². The van der Waals surface area contributed by atoms with E-state index in [0.29, 0.717) is 0 Å². The van der Waals surface area contributed by atoms with Crippen LogP contribution in [0.3, 0.4) is 0 Å². The van der Waals surface area contributed by atoms with Gasteiger partial charge in [-0.3, -0.25) is 4.99 Å². The van der Waals surface area contributed by atoms with Gasteiger partial charge < -0.3 is 0 Å². The molecule has 0 saturated heterocycles. The monoisotopic (exact) mass is 113 g/mol. The Morgan fingerprint density at radius 1 is 1.86 bits per heavy atom. The van der Waals surface area contributed by atoms with E-state index in [2.05, 4.69) is 17.3 Å². The van der Waals surface area contributed by atoms with Crippen molar-refractivity contribution in [3.05, 3.63) is 11.0 Å². The standard InChI is InChI=1S/C5H7NS/c1-5-2-6-4-7-3-5/h3-4H,2H2,1H3. The number of rotatable bonds is 0. The van der Waals surface area contributed by atoms with Gasteiger partial charge in [-0.1, -0.05) is 11.8 Å². The van der Waals surface area contributed by atoms with Gasteiger partial charge in [0.25, 0.3) is 0 Å². The minimum atomic E-state index is 0.896. The first-order chi connectivity index (χ1) is 3.39. The molecule has 1 aliphatic heterocycles. The van der Waals surface area contributed by atoms with Crippen LogP contribution in [-0.2, 0) is 0 Å². The first-order valence-corrected chi connectivity index (χ1v) is 3.13. The van der Waals surface area contributed by atoms with Gasteiger partial charge in [-0.05, 0) is 17.9 Å². The molecule has 0 saturated carbocycles. The van der Waals surface area contributed by atoms with Crippen LogP contribution in [0.4, 0.5) is 0 Å². The summed E-state index contributed by atoms with van der Waals surface area (Å²) in [4.78, 5) is 4.03. The van der Waals surface area contributed by atoms with Crippen molar-refractivity contribution in [3.63, 3.8) is 0 Å². The van der Waals surface area contributed by atoms with Crippen LogP contribution >= 0.6 is 11.8 Å². The maximum Gasteiger partial charge on any atom is 0.0611 e. The zero-order valence-electron chi connectivity index (χ0n) is 4.22. The molecule has 0 aliphatic carbocycles. The van der Waals surface area contributed by atoms with E-state index in [1.165, 1.54) is 5.57 Å². The van der Waals surface area contributed by atoms with Gasteiger partial charge in [-0.25, -0.2) is 0 Å². The van der Waals surface area contributed by atoms with Gasteiger partial charge in [0.15, 0.2) is 0 Å². The van der Waals surface area contributed by atoms with E-state index in [0.717, 1.165) is 6.54 Å². The van der Waals surface area contributed by atoms with E-state index >= 15 is 0 Å². The predicted molar refractivity (Wildman–Crippen MR) is 34.7 cm³/mol. The molecule has 38 valence electrons. The Hall–Kier alpha value is -0.240. The van der Waals surface area contributed by atoms with Crippen molar-refractivity contribution in [2.45, 2.75) is 6.92 Å². The Bertz CT molecular complexity index is 115. The van der Waals surface area contributed by atoms with Gasteiger partial charge in [-0.2, -0.15) is 0 Å². The molecule has 1 aliphatic rings. The molecule has 0 aromatic rings. The van der Waals surface area contributed by atoms with Crippen LogP contribution in [0.5, 0.6) is 0 Å². The largest absolute Gasteiger partial charge is 0.282 e. The first-order valence-electron chi connectivity index (χ1n) is 2.19. The second-order valence-electron chi connectivity index (χ2n) is 1.55. The fourth-order valence-electron chi connectivity index (χ4n) is 0.408. The zero-order chi connectivity index (χ0) is 5.11. The van der Waals surface area contributed by atoms with Gasteiger partial charge in [-0.15, -0.1) is 0 Å². The van der Waals surface area contributed by atoms with Crippen LogP contribution in [0.25, 0.3) is 0 Å². The molecule has 0 atom stereocenters. The highest BCUT2D eigenvalue weighted by Gasteiger charge is 1.88. The Balaban J connectivity index is 2.50. The van der Waals surface area contributed by atoms with Crippen molar-refractivity contribution in [1.29, 1.82) is 0 Å². The summed E-state index contributed by atoms with van der Waals surface area (Å²) in [5.74, 6) is 0. The van der Waals surface area contributed by atoms with E-state index in [1.54, 1.807) is 11.8 Å². The van der Waals surface area contributed by atoms with Crippen molar-refractivity contribution < 1.29 is 0 Å². The molecule has 1 nitrogen and oxygen atoms in total. The van der Waals surface area contributed by atoms with Gasteiger partial charge in [0.1, 0.15) is 0 Å². The molecule has 1 rings (SSSR count). The van der Waals surface area contributed by atoms with Crippen molar-refractivity contribution in [2.24, 2.45) is 4.99 Å². The third-order valence-electron chi connectivity index (χ3n) is 0.745. The average Bonchev–Trinajstić information content (AvgIpc) is 1.69. The topological polar surface area (TPSA) is 12.4 Å². The van der Waals surface area contributed by atoms with E-state index in [9.17, 15) is 0 Å². The second-order valence-corrected chi connectivity index (χ2v) is 2.27. The zero-order valence-corrected chi connectivity index (χ0v) is 5.03. The molecule has 0 spiro atoms. The number of aliphatic imine (C=N–C) groups is 1. The third kappa shape index (κ3) is 1.35. The maximum atomic E-state index is 4.03. The Morgan fingerprint density at radius 3 is 3.00 bits per heavy atom. The molecular weight excluding hydrogens is 106 g/mol. The number of hydrogen-bond acceptors (Lipinski definition) is 2. The van der Waals surface area contributed by atoms with Crippen LogP contribution < -0.4 is 0 Å². The molecule has 1 heterocycles. The molecule has 2 heteroatoms. The SMILES string of the molecule is CC1=CSC=NC1. The van der Waals surface area contributed by atoms with Crippen LogP contribution in [-0.4, -0.2) is 12.1 Å². The van der Waals surface area contributed by atoms with Crippen LogP contribution in [0.2, 0.25) is 0 Å². The van der Waals surface area contributed by atoms with Crippen LogP contribution in [0.1, 0.15) is 6.92 Å². The lowest BCUT2D eigenvalue weighted by Gasteiger charge is -1.97. The lowest BCUT2D eigenvalue weighted by molar-refractivity contribution is 1.15. The maximum absolute atomic E-state index is 4.03. The smallest absolute Gasteiger partial charge is 0.0611 e. The Kier molecular flexibility index (Phi) is 1.52. The van der Waals surface area contributed by atoms with Crippen LogP contribution in [0, 0.1) is 0 Å². The fourth-order valence-corrected chi connectivity index (χ4v) is 0.936. The lowest BCUT2D eigenvalue weighted by Crippen LogP contribution is -1.85. The lowest BCUT2D eigenvalue weighted by atomic mass is 10.4. The van der Waals surface area contributed by atoms with Gasteiger partial charge in [0, 0.05) is 0 Å². The number of hydrogen-bond donors (Lipinski definition) is 0. The summed E-state index contributed by atoms with van der Waals surface area (Å²) in [5.41, 5.74) is 3.22. The quantitative estimate of drug-likeness (QED) is 0.465. The van der Waals surface area contributed by atoms with E-state index in [4.69, 9.17) is 0 Å². The Morgan fingerprint density at radius 2 is 2.71 bits per heavy atom. The highest BCUT2D eigenvalue weighted by molar-refractivity contribution is 8.14. The molecule has 0 unspecified atom stereocenters. The predicted octanol–water partition coefficient (Wildman–Crippen LogP) is 1.67. The molecule has 0 radical (unpaired) electrons. The van der Waals surface area contributed by atoms with E-state index in [1.807, 2.05) is 5.55 Å². The molecule has 0 aromatic carbocycles. The van der Waals surface area contributed by atoms with Crippen molar-refractivity contribution in [2.75, 3.05) is 6.54 Å². The summed E-state index contributed by atoms with van der Waals surface area (Å²) < 4.78 is 0. The van der Waals surface area contributed by atoms with Crippen molar-refractivity contribution >= 4 is 17.3 Å². The number of thioether (sulfide) groups is 1. The minimum Gasteiger partial charge on any atom is -0.282 e. The van der Waals surface area contributed by atoms with Crippen molar-refractivity contribution in [3.8, 4) is 0 Å². The van der Waals surface area contributed by atoms with Crippen LogP contribution in [0.15, 0.2) is 16.0 Å². The van der Waals surface area contributed by atoms with Gasteiger partial charge in [0.2, 0.25) is 0 Å². The molecule has 0 bridgehead atoms. The Labute approximate surface area is 47.5 Å². The van der Waals surface area contributed by atoms with Gasteiger partial charge in [0.05, 0.1) is 12.1 Å². The molecule has 0 amide bonds. The molecule has 0 aromatic heterocycles. The summed E-state index contributed by atoms with van der Waals surface area (Å²) in [6.07, 6.45) is 0. The summed E-state index contributed by atoms with van der Waals surface area (Å²) >= 11 is 1.65. The van der Waals surface area contributed by atoms with Crippen molar-refractivity contribution in [1.82, 2.24) is 0 Å². The second kappa shape index (κ2) is 2.17. The average molecular weight is 113 g/mol. The number of nitrogens with zero attached hydrogens (tertiary/aromatic N) is 1. The highest BCUT2D eigenvalue weighted by Crippen LogP contribution is 2.08. The van der Waals surface area contributed by atoms with E-state index < -0.39 is 0 Å². The fraction of sp³-hybridized carbons (Fsp3) is 0.400. The first kappa shape index (κ1) is 4.91.